The number of carbonyl (C=O) groups excluding carboxylic acids is 4. The maximum absolute atomic E-state index is 12.4. The van der Waals surface area contributed by atoms with E-state index < -0.39 is 30.4 Å². The van der Waals surface area contributed by atoms with Gasteiger partial charge in [-0.1, -0.05) is 46.1 Å². The van der Waals surface area contributed by atoms with Gasteiger partial charge in [-0.2, -0.15) is 0 Å². The zero-order chi connectivity index (χ0) is 30.1. The van der Waals surface area contributed by atoms with Crippen LogP contribution in [0.15, 0.2) is 18.2 Å². The van der Waals surface area contributed by atoms with Crippen molar-refractivity contribution in [2.75, 3.05) is 6.61 Å². The van der Waals surface area contributed by atoms with Gasteiger partial charge in [0, 0.05) is 6.42 Å². The second-order valence-corrected chi connectivity index (χ2v) is 9.76. The van der Waals surface area contributed by atoms with Gasteiger partial charge in [-0.25, -0.2) is 9.59 Å². The first-order chi connectivity index (χ1) is 19.0. The molecule has 0 saturated heterocycles. The molecule has 0 saturated carbocycles. The zero-order valence-corrected chi connectivity index (χ0v) is 24.6. The summed E-state index contributed by atoms with van der Waals surface area (Å²) in [6.45, 7) is 10.9. The van der Waals surface area contributed by atoms with Crippen LogP contribution in [0, 0.1) is 0 Å². The highest BCUT2D eigenvalue weighted by molar-refractivity contribution is 5.76. The minimum atomic E-state index is -1.06. The Morgan fingerprint density at radius 3 is 1.90 bits per heavy atom. The highest BCUT2D eigenvalue weighted by Gasteiger charge is 2.22. The Hall–Kier alpha value is -3.34. The van der Waals surface area contributed by atoms with Gasteiger partial charge in [0.15, 0.2) is 11.5 Å². The largest absolute Gasteiger partial charge is 0.514 e. The van der Waals surface area contributed by atoms with Gasteiger partial charge in [0.2, 0.25) is 0 Å². The summed E-state index contributed by atoms with van der Waals surface area (Å²) in [6, 6.07) is 3.35. The summed E-state index contributed by atoms with van der Waals surface area (Å²) in [5.74, 6) is -1.21. The molecule has 0 heterocycles. The monoisotopic (exact) mass is 567 g/mol. The Kier molecular flexibility index (Phi) is 16.4. The van der Waals surface area contributed by atoms with E-state index in [1.54, 1.807) is 26.8 Å². The highest BCUT2D eigenvalue weighted by atomic mass is 16.7. The molecule has 1 aromatic carbocycles. The van der Waals surface area contributed by atoms with Gasteiger partial charge in [0.05, 0.1) is 0 Å². The normalized spacial score (nSPS) is 13.8. The molecule has 0 aliphatic rings. The van der Waals surface area contributed by atoms with Crippen LogP contribution in [-0.4, -0.2) is 55.2 Å². The first kappa shape index (κ1) is 34.7. The van der Waals surface area contributed by atoms with Crippen molar-refractivity contribution in [2.24, 2.45) is 5.73 Å². The molecule has 1 aromatic rings. The minimum Gasteiger partial charge on any atom is -0.461 e. The number of esters is 2. The van der Waals surface area contributed by atoms with Crippen molar-refractivity contribution in [2.45, 2.75) is 117 Å². The van der Waals surface area contributed by atoms with Crippen LogP contribution in [0.25, 0.3) is 0 Å². The molecule has 1 rings (SSSR count). The molecule has 0 aromatic heterocycles. The third kappa shape index (κ3) is 14.2. The lowest BCUT2D eigenvalue weighted by Crippen LogP contribution is -2.36. The number of nitrogens with two attached hydrogens (primary N) is 1. The van der Waals surface area contributed by atoms with Crippen LogP contribution in [0.5, 0.6) is 11.5 Å². The molecule has 2 N–H and O–H groups in total. The fourth-order valence-corrected chi connectivity index (χ4v) is 3.61. The summed E-state index contributed by atoms with van der Waals surface area (Å²) < 4.78 is 31.5. The van der Waals surface area contributed by atoms with Gasteiger partial charge >= 0.3 is 24.2 Å². The number of hydrogen-bond acceptors (Lipinski definition) is 11. The number of carbonyl (C=O) groups is 4. The summed E-state index contributed by atoms with van der Waals surface area (Å²) in [6.07, 6.45) is 1.61. The summed E-state index contributed by atoms with van der Waals surface area (Å²) in [5, 5.41) is 0. The lowest BCUT2D eigenvalue weighted by atomic mass is 10.1. The van der Waals surface area contributed by atoms with E-state index in [0.717, 1.165) is 25.7 Å². The summed E-state index contributed by atoms with van der Waals surface area (Å²) >= 11 is 0. The maximum atomic E-state index is 12.4. The van der Waals surface area contributed by atoms with Crippen LogP contribution >= 0.6 is 0 Å². The second-order valence-electron chi connectivity index (χ2n) is 9.76. The Morgan fingerprint density at radius 2 is 1.35 bits per heavy atom. The number of rotatable bonds is 17. The molecule has 11 heteroatoms. The fraction of sp³-hybridized carbons (Fsp3) is 0.655. The van der Waals surface area contributed by atoms with Gasteiger partial charge in [-0.15, -0.1) is 0 Å². The first-order valence-electron chi connectivity index (χ1n) is 14.0. The highest BCUT2D eigenvalue weighted by Crippen LogP contribution is 2.30. The van der Waals surface area contributed by atoms with Crippen molar-refractivity contribution in [1.82, 2.24) is 0 Å². The molecule has 11 nitrogen and oxygen atoms in total. The third-order valence-corrected chi connectivity index (χ3v) is 5.67. The van der Waals surface area contributed by atoms with Crippen LogP contribution in [0.1, 0.15) is 92.1 Å². The molecule has 0 aliphatic heterocycles. The Balaban J connectivity index is 2.89. The summed E-state index contributed by atoms with van der Waals surface area (Å²) in [7, 11) is 0. The van der Waals surface area contributed by atoms with E-state index in [-0.39, 0.29) is 42.7 Å². The average molecular weight is 568 g/mol. The van der Waals surface area contributed by atoms with Gasteiger partial charge in [0.25, 0.3) is 0 Å². The SMILES string of the molecule is CCCCC(=O)O[C@@H](C)COC(=O)[C@@H](N)Cc1ccc(OC(=O)OC(C)CCC)c(OC(=O)OC(C)CCC)c1. The van der Waals surface area contributed by atoms with Crippen LogP contribution < -0.4 is 15.2 Å². The summed E-state index contributed by atoms with van der Waals surface area (Å²) in [4.78, 5) is 48.8. The second kappa shape index (κ2) is 18.9. The van der Waals surface area contributed by atoms with Crippen molar-refractivity contribution in [3.05, 3.63) is 23.8 Å². The Bertz CT molecular complexity index is 951. The van der Waals surface area contributed by atoms with Gasteiger partial charge < -0.3 is 34.2 Å². The smallest absolute Gasteiger partial charge is 0.461 e. The maximum Gasteiger partial charge on any atom is 0.514 e. The van der Waals surface area contributed by atoms with Crippen molar-refractivity contribution in [3.63, 3.8) is 0 Å². The molecule has 2 unspecified atom stereocenters. The molecule has 40 heavy (non-hydrogen) atoms. The fourth-order valence-electron chi connectivity index (χ4n) is 3.61. The van der Waals surface area contributed by atoms with E-state index in [9.17, 15) is 19.2 Å². The van der Waals surface area contributed by atoms with E-state index >= 15 is 0 Å². The van der Waals surface area contributed by atoms with Gasteiger partial charge in [-0.05, 0) is 64.2 Å². The molecule has 0 radical (unpaired) electrons. The molecule has 0 fully saturated rings. The van der Waals surface area contributed by atoms with Crippen LogP contribution in [0.2, 0.25) is 0 Å². The Labute approximate surface area is 236 Å². The molecular formula is C29H45NO10. The molecular weight excluding hydrogens is 522 g/mol. The average Bonchev–Trinajstić information content (AvgIpc) is 2.87. The lowest BCUT2D eigenvalue weighted by Gasteiger charge is -2.17. The van der Waals surface area contributed by atoms with Crippen LogP contribution in [-0.2, 0) is 35.0 Å². The summed E-state index contributed by atoms with van der Waals surface area (Å²) in [5.41, 5.74) is 6.54. The first-order valence-corrected chi connectivity index (χ1v) is 14.0. The van der Waals surface area contributed by atoms with E-state index in [2.05, 4.69) is 0 Å². The topological polar surface area (TPSA) is 150 Å². The van der Waals surface area contributed by atoms with E-state index in [4.69, 9.17) is 34.2 Å². The minimum absolute atomic E-state index is 0.0272. The van der Waals surface area contributed by atoms with Gasteiger partial charge in [0.1, 0.15) is 31.0 Å². The van der Waals surface area contributed by atoms with E-state index in [0.29, 0.717) is 24.8 Å². The zero-order valence-electron chi connectivity index (χ0n) is 24.6. The lowest BCUT2D eigenvalue weighted by molar-refractivity contribution is -0.158. The predicted molar refractivity (Wildman–Crippen MR) is 147 cm³/mol. The number of hydrogen-bond donors (Lipinski definition) is 1. The van der Waals surface area contributed by atoms with Crippen molar-refractivity contribution < 1.29 is 47.6 Å². The van der Waals surface area contributed by atoms with Crippen molar-refractivity contribution >= 4 is 24.2 Å². The number of benzene rings is 1. The third-order valence-electron chi connectivity index (χ3n) is 5.67. The van der Waals surface area contributed by atoms with Gasteiger partial charge in [-0.3, -0.25) is 9.59 Å². The molecule has 226 valence electrons. The predicted octanol–water partition coefficient (Wildman–Crippen LogP) is 5.63. The molecule has 0 amide bonds. The van der Waals surface area contributed by atoms with E-state index in [1.165, 1.54) is 12.1 Å². The van der Waals surface area contributed by atoms with Crippen LogP contribution in [0.4, 0.5) is 9.59 Å². The number of ether oxygens (including phenoxy) is 6. The number of unbranched alkanes of at least 4 members (excludes halogenated alkanes) is 1. The van der Waals surface area contributed by atoms with E-state index in [1.807, 2.05) is 20.8 Å². The molecule has 4 atom stereocenters. The molecule has 0 aliphatic carbocycles. The Morgan fingerprint density at radius 1 is 0.775 bits per heavy atom. The quantitative estimate of drug-likeness (QED) is 0.142. The van der Waals surface area contributed by atoms with Crippen molar-refractivity contribution in [1.29, 1.82) is 0 Å². The molecule has 0 spiro atoms. The standard InChI is InChI=1S/C29H45NO10/c1-7-10-13-26(31)36-21(6)18-35-27(32)23(30)16-22-14-15-24(39-28(33)37-19(4)11-8-2)25(17-22)40-29(34)38-20(5)12-9-3/h14-15,17,19-21,23H,7-13,16,18,30H2,1-6H3/t19?,20?,21-,23-/m0/s1. The van der Waals surface area contributed by atoms with Crippen molar-refractivity contribution in [3.8, 4) is 11.5 Å². The van der Waals surface area contributed by atoms with Crippen LogP contribution in [0.3, 0.4) is 0 Å². The molecule has 0 bridgehead atoms.